The van der Waals surface area contributed by atoms with Crippen molar-refractivity contribution in [3.63, 3.8) is 0 Å². The number of nitrogens with one attached hydrogen (secondary N) is 1. The summed E-state index contributed by atoms with van der Waals surface area (Å²) in [5, 5.41) is 3.95. The van der Waals surface area contributed by atoms with Crippen LogP contribution in [0.25, 0.3) is 21.3 Å². The number of rotatable bonds is 2. The molecule has 3 heterocycles. The van der Waals surface area contributed by atoms with Crippen molar-refractivity contribution in [3.8, 4) is 0 Å². The molecule has 0 saturated heterocycles. The van der Waals surface area contributed by atoms with Gasteiger partial charge in [0.25, 0.3) is 11.5 Å². The number of carbonyl (C=O) groups is 1. The largest absolute Gasteiger partial charge is 0.298 e. The Labute approximate surface area is 146 Å². The molecule has 25 heavy (non-hydrogen) atoms. The van der Waals surface area contributed by atoms with Crippen molar-refractivity contribution in [1.82, 2.24) is 14.5 Å². The molecule has 0 bridgehead atoms. The predicted molar refractivity (Wildman–Crippen MR) is 99.3 cm³/mol. The maximum Gasteiger partial charge on any atom is 0.264 e. The van der Waals surface area contributed by atoms with Crippen LogP contribution in [0.15, 0.2) is 47.4 Å². The van der Waals surface area contributed by atoms with Crippen LogP contribution in [0.3, 0.4) is 0 Å². The maximum absolute atomic E-state index is 12.6. The highest BCUT2D eigenvalue weighted by Gasteiger charge is 2.16. The van der Waals surface area contributed by atoms with Crippen LogP contribution >= 0.6 is 11.3 Å². The van der Waals surface area contributed by atoms with Crippen LogP contribution in [0.1, 0.15) is 15.9 Å². The van der Waals surface area contributed by atoms with Gasteiger partial charge in [0, 0.05) is 18.6 Å². The third kappa shape index (κ3) is 2.58. The number of aromatic nitrogens is 3. The lowest BCUT2D eigenvalue weighted by Crippen LogP contribution is -2.28. The molecule has 0 saturated carbocycles. The van der Waals surface area contributed by atoms with Crippen molar-refractivity contribution in [2.45, 2.75) is 6.92 Å². The monoisotopic (exact) mass is 350 g/mol. The highest BCUT2D eigenvalue weighted by molar-refractivity contribution is 7.22. The molecule has 124 valence electrons. The van der Waals surface area contributed by atoms with Crippen molar-refractivity contribution >= 4 is 43.6 Å². The van der Waals surface area contributed by atoms with Crippen molar-refractivity contribution < 1.29 is 4.79 Å². The van der Waals surface area contributed by atoms with Crippen LogP contribution in [-0.4, -0.2) is 20.4 Å². The fourth-order valence-corrected chi connectivity index (χ4v) is 3.70. The van der Waals surface area contributed by atoms with E-state index in [4.69, 9.17) is 0 Å². The van der Waals surface area contributed by atoms with Gasteiger partial charge in [0.2, 0.25) is 0 Å². The molecule has 1 aromatic carbocycles. The Balaban J connectivity index is 1.75. The van der Waals surface area contributed by atoms with Gasteiger partial charge in [-0.3, -0.25) is 19.5 Å². The number of carbonyl (C=O) groups excluding carboxylic acids is 1. The van der Waals surface area contributed by atoms with Gasteiger partial charge >= 0.3 is 0 Å². The maximum atomic E-state index is 12.6. The normalized spacial score (nSPS) is 11.1. The fourth-order valence-electron chi connectivity index (χ4n) is 2.76. The number of hydrogen-bond donors (Lipinski definition) is 1. The van der Waals surface area contributed by atoms with Crippen molar-refractivity contribution in [2.75, 3.05) is 5.32 Å². The summed E-state index contributed by atoms with van der Waals surface area (Å²) in [7, 11) is 1.61. The van der Waals surface area contributed by atoms with Gasteiger partial charge in [0.05, 0.1) is 10.2 Å². The molecule has 1 amide bonds. The molecular weight excluding hydrogens is 336 g/mol. The van der Waals surface area contributed by atoms with E-state index >= 15 is 0 Å². The smallest absolute Gasteiger partial charge is 0.264 e. The molecule has 0 atom stereocenters. The van der Waals surface area contributed by atoms with Crippen LogP contribution in [0.4, 0.5) is 5.13 Å². The summed E-state index contributed by atoms with van der Waals surface area (Å²) < 4.78 is 2.37. The number of nitrogens with zero attached hydrogens (tertiary/aromatic N) is 3. The lowest BCUT2D eigenvalue weighted by molar-refractivity contribution is 0.102. The number of pyridine rings is 2. The number of hydrogen-bond acceptors (Lipinski definition) is 5. The van der Waals surface area contributed by atoms with Crippen LogP contribution < -0.4 is 10.9 Å². The van der Waals surface area contributed by atoms with E-state index in [0.717, 1.165) is 21.2 Å². The third-order valence-corrected chi connectivity index (χ3v) is 4.99. The van der Waals surface area contributed by atoms with E-state index in [1.54, 1.807) is 25.4 Å². The zero-order valence-electron chi connectivity index (χ0n) is 13.6. The van der Waals surface area contributed by atoms with Crippen molar-refractivity contribution in [2.24, 2.45) is 7.05 Å². The van der Waals surface area contributed by atoms with E-state index < -0.39 is 5.91 Å². The first kappa shape index (κ1) is 15.5. The highest BCUT2D eigenvalue weighted by Crippen LogP contribution is 2.28. The molecular formula is C18H14N4O2S. The number of amides is 1. The quantitative estimate of drug-likeness (QED) is 0.603. The molecule has 0 spiro atoms. The minimum atomic E-state index is -0.469. The molecule has 6 nitrogen and oxygen atoms in total. The average molecular weight is 350 g/mol. The minimum Gasteiger partial charge on any atom is -0.298 e. The molecule has 0 aliphatic carbocycles. The predicted octanol–water partition coefficient (Wildman–Crippen LogP) is 3.10. The first-order valence-corrected chi connectivity index (χ1v) is 8.48. The summed E-state index contributed by atoms with van der Waals surface area (Å²) in [5.74, 6) is -0.469. The summed E-state index contributed by atoms with van der Waals surface area (Å²) in [6.45, 7) is 1.97. The first-order chi connectivity index (χ1) is 12.0. The Hall–Kier alpha value is -3.06. The van der Waals surface area contributed by atoms with E-state index in [2.05, 4.69) is 15.3 Å². The van der Waals surface area contributed by atoms with E-state index in [-0.39, 0.29) is 11.1 Å². The second-order valence-corrected chi connectivity index (χ2v) is 6.76. The number of benzene rings is 1. The second-order valence-electron chi connectivity index (χ2n) is 5.73. The van der Waals surface area contributed by atoms with Crippen LogP contribution in [0, 0.1) is 6.92 Å². The van der Waals surface area contributed by atoms with Crippen molar-refractivity contribution in [3.05, 3.63) is 64.1 Å². The van der Waals surface area contributed by atoms with E-state index in [1.165, 1.54) is 15.9 Å². The summed E-state index contributed by atoms with van der Waals surface area (Å²) in [6, 6.07) is 11.0. The Kier molecular flexibility index (Phi) is 3.58. The molecule has 7 heteroatoms. The summed E-state index contributed by atoms with van der Waals surface area (Å²) in [6.07, 6.45) is 1.62. The molecule has 4 rings (SSSR count). The van der Waals surface area contributed by atoms with Gasteiger partial charge in [-0.05, 0) is 36.8 Å². The minimum absolute atomic E-state index is 0.0685. The summed E-state index contributed by atoms with van der Waals surface area (Å²) >= 11 is 1.38. The fraction of sp³-hybridized carbons (Fsp3) is 0.111. The van der Waals surface area contributed by atoms with Gasteiger partial charge in [-0.15, -0.1) is 0 Å². The highest BCUT2D eigenvalue weighted by atomic mass is 32.1. The zero-order chi connectivity index (χ0) is 17.6. The Morgan fingerprint density at radius 1 is 1.24 bits per heavy atom. The lowest BCUT2D eigenvalue weighted by Gasteiger charge is -2.07. The zero-order valence-corrected chi connectivity index (χ0v) is 14.4. The number of anilines is 1. The standard InChI is InChI=1S/C18H14N4O2S/c1-10-5-3-7-13-14(10)20-18(25-13)21-16(23)12-9-11-6-4-8-19-15(11)22(2)17(12)24/h3-9H,1-2H3,(H,20,21,23). The van der Waals surface area contributed by atoms with Crippen LogP contribution in [0.2, 0.25) is 0 Å². The van der Waals surface area contributed by atoms with Gasteiger partial charge in [-0.2, -0.15) is 0 Å². The molecule has 0 radical (unpaired) electrons. The average Bonchev–Trinajstić information content (AvgIpc) is 3.02. The number of para-hydroxylation sites is 1. The van der Waals surface area contributed by atoms with E-state index in [0.29, 0.717) is 10.8 Å². The first-order valence-electron chi connectivity index (χ1n) is 7.67. The number of fused-ring (bicyclic) bond motifs is 2. The molecule has 0 unspecified atom stereocenters. The van der Waals surface area contributed by atoms with E-state index in [9.17, 15) is 9.59 Å². The molecule has 0 aliphatic rings. The van der Waals surface area contributed by atoms with Gasteiger partial charge in [0.1, 0.15) is 11.2 Å². The topological polar surface area (TPSA) is 76.9 Å². The Morgan fingerprint density at radius 2 is 2.08 bits per heavy atom. The van der Waals surface area contributed by atoms with Gasteiger partial charge in [-0.25, -0.2) is 9.97 Å². The lowest BCUT2D eigenvalue weighted by atomic mass is 10.2. The van der Waals surface area contributed by atoms with Crippen LogP contribution in [0.5, 0.6) is 0 Å². The van der Waals surface area contributed by atoms with E-state index in [1.807, 2.05) is 31.2 Å². The number of aryl methyl sites for hydroxylation is 2. The Morgan fingerprint density at radius 3 is 2.88 bits per heavy atom. The van der Waals surface area contributed by atoms with Crippen molar-refractivity contribution in [1.29, 1.82) is 0 Å². The summed E-state index contributed by atoms with van der Waals surface area (Å²) in [5.41, 5.74) is 2.12. The molecule has 1 N–H and O–H groups in total. The number of thiazole rings is 1. The second kappa shape index (κ2) is 5.78. The van der Waals surface area contributed by atoms with Crippen LogP contribution in [-0.2, 0) is 7.05 Å². The van der Waals surface area contributed by atoms with Gasteiger partial charge < -0.3 is 0 Å². The molecule has 3 aromatic heterocycles. The molecule has 0 fully saturated rings. The van der Waals surface area contributed by atoms with Gasteiger partial charge in [-0.1, -0.05) is 23.5 Å². The SMILES string of the molecule is Cc1cccc2sc(NC(=O)c3cc4cccnc4n(C)c3=O)nc12. The Bertz CT molecular complexity index is 1190. The summed E-state index contributed by atoms with van der Waals surface area (Å²) in [4.78, 5) is 33.7. The molecule has 0 aliphatic heterocycles. The third-order valence-electron chi connectivity index (χ3n) is 4.06. The molecule has 4 aromatic rings. The van der Waals surface area contributed by atoms with Gasteiger partial charge in [0.15, 0.2) is 5.13 Å².